The highest BCUT2D eigenvalue weighted by atomic mass is 16.5. The van der Waals surface area contributed by atoms with Crippen LogP contribution in [0.3, 0.4) is 0 Å². The molecule has 4 aromatic rings. The largest absolute Gasteiger partial charge is 0.425 e. The Morgan fingerprint density at radius 3 is 2.17 bits per heavy atom. The molecule has 0 fully saturated rings. The van der Waals surface area contributed by atoms with Crippen LogP contribution >= 0.6 is 0 Å². The van der Waals surface area contributed by atoms with Gasteiger partial charge in [0.15, 0.2) is 0 Å². The van der Waals surface area contributed by atoms with E-state index in [0.29, 0.717) is 18.4 Å². The zero-order valence-corrected chi connectivity index (χ0v) is 21.9. The number of nitrogens with zero attached hydrogens (tertiary/aromatic N) is 1. The van der Waals surface area contributed by atoms with E-state index in [0.717, 1.165) is 10.5 Å². The number of ether oxygens (including phenoxy) is 1. The number of esters is 1. The van der Waals surface area contributed by atoms with E-state index in [1.807, 2.05) is 30.3 Å². The number of nitrogens with one attached hydrogen (secondary N) is 1. The van der Waals surface area contributed by atoms with Crippen LogP contribution in [0.15, 0.2) is 88.1 Å². The Labute approximate surface area is 229 Å². The van der Waals surface area contributed by atoms with Crippen molar-refractivity contribution in [1.29, 1.82) is 0 Å². The van der Waals surface area contributed by atoms with E-state index in [2.05, 4.69) is 5.32 Å². The first-order valence-corrected chi connectivity index (χ1v) is 12.8. The summed E-state index contributed by atoms with van der Waals surface area (Å²) < 4.78 is 10.9. The zero-order valence-electron chi connectivity index (χ0n) is 21.9. The van der Waals surface area contributed by atoms with E-state index in [9.17, 15) is 24.0 Å². The molecular weight excluding hydrogens is 512 g/mol. The third kappa shape index (κ3) is 5.13. The molecule has 40 heavy (non-hydrogen) atoms. The number of rotatable bonds is 8. The van der Waals surface area contributed by atoms with E-state index < -0.39 is 41.3 Å². The van der Waals surface area contributed by atoms with Crippen molar-refractivity contribution in [2.75, 3.05) is 6.54 Å². The first-order valence-electron chi connectivity index (χ1n) is 12.8. The second-order valence-corrected chi connectivity index (χ2v) is 9.77. The molecule has 0 saturated carbocycles. The Balaban J connectivity index is 1.31. The molecule has 9 nitrogen and oxygen atoms in total. The van der Waals surface area contributed by atoms with E-state index in [1.165, 1.54) is 18.2 Å². The lowest BCUT2D eigenvalue weighted by Gasteiger charge is -2.27. The number of carbonyl (C=O) groups is 4. The molecule has 0 saturated heterocycles. The molecule has 1 aromatic heterocycles. The normalized spacial score (nSPS) is 13.4. The maximum atomic E-state index is 13.2. The fourth-order valence-electron chi connectivity index (χ4n) is 4.69. The summed E-state index contributed by atoms with van der Waals surface area (Å²) in [6.45, 7) is 3.77. The van der Waals surface area contributed by atoms with E-state index >= 15 is 0 Å². The Morgan fingerprint density at radius 1 is 0.875 bits per heavy atom. The second-order valence-electron chi connectivity index (χ2n) is 9.77. The Kier molecular flexibility index (Phi) is 7.29. The van der Waals surface area contributed by atoms with E-state index in [4.69, 9.17) is 9.15 Å². The molecule has 5 rings (SSSR count). The third-order valence-corrected chi connectivity index (χ3v) is 6.69. The van der Waals surface area contributed by atoms with Crippen molar-refractivity contribution in [3.8, 4) is 5.75 Å². The van der Waals surface area contributed by atoms with Crippen molar-refractivity contribution in [3.05, 3.63) is 112 Å². The fourth-order valence-corrected chi connectivity index (χ4v) is 4.69. The minimum atomic E-state index is -1.17. The molecule has 0 spiro atoms. The SMILES string of the molecule is CC(C)C(C(=O)Oc1ccc2cc(C(=O)NCCc3ccccc3)c(=O)oc2c1)N1C(=O)c2ccccc2C1=O. The average molecular weight is 539 g/mol. The van der Waals surface area contributed by atoms with Gasteiger partial charge in [-0.25, -0.2) is 9.59 Å². The van der Waals surface area contributed by atoms with Crippen LogP contribution < -0.4 is 15.7 Å². The molecule has 1 atom stereocenters. The standard InChI is InChI=1S/C31H26N2O7/c1-18(2)26(33-28(35)22-10-6-7-11-23(22)29(33)36)31(38)39-21-13-12-20-16-24(30(37)40-25(20)17-21)27(34)32-15-14-19-8-4-3-5-9-19/h3-13,16-18,26H,14-15H2,1-2H3,(H,32,34). The van der Waals surface area contributed by atoms with Crippen LogP contribution in [0.5, 0.6) is 5.75 Å². The first-order chi connectivity index (χ1) is 19.2. The zero-order chi connectivity index (χ0) is 28.4. The van der Waals surface area contributed by atoms with Gasteiger partial charge in [0, 0.05) is 18.0 Å². The molecule has 9 heteroatoms. The van der Waals surface area contributed by atoms with Gasteiger partial charge in [0.05, 0.1) is 11.1 Å². The van der Waals surface area contributed by atoms with Gasteiger partial charge < -0.3 is 14.5 Å². The summed E-state index contributed by atoms with van der Waals surface area (Å²) in [5.74, 6) is -2.85. The lowest BCUT2D eigenvalue weighted by molar-refractivity contribution is -0.140. The summed E-state index contributed by atoms with van der Waals surface area (Å²) in [5, 5.41) is 3.18. The molecule has 202 valence electrons. The molecule has 2 heterocycles. The summed E-state index contributed by atoms with van der Waals surface area (Å²) in [7, 11) is 0. The molecule has 0 aliphatic carbocycles. The number of carbonyl (C=O) groups excluding carboxylic acids is 4. The molecular formula is C31H26N2O7. The number of imide groups is 1. The first kappa shape index (κ1) is 26.6. The van der Waals surface area contributed by atoms with Gasteiger partial charge in [-0.05, 0) is 48.2 Å². The molecule has 1 aliphatic heterocycles. The minimum Gasteiger partial charge on any atom is -0.425 e. The van der Waals surface area contributed by atoms with Crippen molar-refractivity contribution in [3.63, 3.8) is 0 Å². The lowest BCUT2D eigenvalue weighted by Crippen LogP contribution is -2.49. The van der Waals surface area contributed by atoms with Gasteiger partial charge in [-0.15, -0.1) is 0 Å². The Hall–Kier alpha value is -5.05. The van der Waals surface area contributed by atoms with Crippen molar-refractivity contribution in [2.45, 2.75) is 26.3 Å². The Morgan fingerprint density at radius 2 is 1.52 bits per heavy atom. The lowest BCUT2D eigenvalue weighted by atomic mass is 10.0. The number of hydrogen-bond acceptors (Lipinski definition) is 7. The minimum absolute atomic E-state index is 0.0583. The molecule has 0 bridgehead atoms. The van der Waals surface area contributed by atoms with Crippen LogP contribution in [0, 0.1) is 5.92 Å². The van der Waals surface area contributed by atoms with Crippen LogP contribution in [0.1, 0.15) is 50.5 Å². The van der Waals surface area contributed by atoms with E-state index in [1.54, 1.807) is 44.2 Å². The Bertz CT molecular complexity index is 1660. The quantitative estimate of drug-likeness (QED) is 0.156. The van der Waals surface area contributed by atoms with Crippen molar-refractivity contribution < 1.29 is 28.3 Å². The summed E-state index contributed by atoms with van der Waals surface area (Å²) in [6, 6.07) is 20.7. The number of fused-ring (bicyclic) bond motifs is 2. The molecule has 1 unspecified atom stereocenters. The molecule has 1 aliphatic rings. The van der Waals surface area contributed by atoms with Gasteiger partial charge in [0.1, 0.15) is 22.9 Å². The van der Waals surface area contributed by atoms with E-state index in [-0.39, 0.29) is 28.0 Å². The molecule has 3 aromatic carbocycles. The summed E-state index contributed by atoms with van der Waals surface area (Å²) in [5.41, 5.74) is 0.655. The highest BCUT2D eigenvalue weighted by Gasteiger charge is 2.44. The van der Waals surface area contributed by atoms with Gasteiger partial charge in [-0.3, -0.25) is 19.3 Å². The predicted molar refractivity (Wildman–Crippen MR) is 146 cm³/mol. The third-order valence-electron chi connectivity index (χ3n) is 6.69. The summed E-state index contributed by atoms with van der Waals surface area (Å²) in [4.78, 5) is 65.3. The van der Waals surface area contributed by atoms with Gasteiger partial charge in [-0.2, -0.15) is 0 Å². The summed E-state index contributed by atoms with van der Waals surface area (Å²) in [6.07, 6.45) is 0.609. The molecule has 0 radical (unpaired) electrons. The van der Waals surface area contributed by atoms with Gasteiger partial charge in [0.25, 0.3) is 17.7 Å². The topological polar surface area (TPSA) is 123 Å². The van der Waals surface area contributed by atoms with Gasteiger partial charge in [0.2, 0.25) is 0 Å². The van der Waals surface area contributed by atoms with Crippen LogP contribution in [0.2, 0.25) is 0 Å². The van der Waals surface area contributed by atoms with Crippen LogP contribution in [-0.4, -0.2) is 41.2 Å². The second kappa shape index (κ2) is 11.0. The smallest absolute Gasteiger partial charge is 0.349 e. The molecule has 3 amide bonds. The van der Waals surface area contributed by atoms with Crippen LogP contribution in [-0.2, 0) is 11.2 Å². The predicted octanol–water partition coefficient (Wildman–Crippen LogP) is 3.99. The number of hydrogen-bond donors (Lipinski definition) is 1. The number of benzene rings is 3. The van der Waals surface area contributed by atoms with Crippen LogP contribution in [0.4, 0.5) is 0 Å². The number of amides is 3. The van der Waals surface area contributed by atoms with Crippen molar-refractivity contribution in [1.82, 2.24) is 10.2 Å². The van der Waals surface area contributed by atoms with Gasteiger partial charge in [-0.1, -0.05) is 56.3 Å². The summed E-state index contributed by atoms with van der Waals surface area (Å²) >= 11 is 0. The molecule has 1 N–H and O–H groups in total. The van der Waals surface area contributed by atoms with Crippen molar-refractivity contribution in [2.24, 2.45) is 5.92 Å². The average Bonchev–Trinajstić information content (AvgIpc) is 3.18. The highest BCUT2D eigenvalue weighted by molar-refractivity contribution is 6.22. The maximum Gasteiger partial charge on any atom is 0.349 e. The van der Waals surface area contributed by atoms with Gasteiger partial charge >= 0.3 is 11.6 Å². The maximum absolute atomic E-state index is 13.2. The van der Waals surface area contributed by atoms with Crippen molar-refractivity contribution >= 4 is 34.7 Å². The fraction of sp³-hybridized carbons (Fsp3) is 0.194. The van der Waals surface area contributed by atoms with Crippen LogP contribution in [0.25, 0.3) is 11.0 Å². The highest BCUT2D eigenvalue weighted by Crippen LogP contribution is 2.29. The monoisotopic (exact) mass is 538 g/mol.